The van der Waals surface area contributed by atoms with E-state index in [1.54, 1.807) is 0 Å². The first-order chi connectivity index (χ1) is 16.4. The third-order valence-corrected chi connectivity index (χ3v) is 7.67. The molecule has 2 fully saturated rings. The number of nitrogens with zero attached hydrogens (tertiary/aromatic N) is 1. The van der Waals surface area contributed by atoms with Crippen molar-refractivity contribution >= 4 is 18.0 Å². The van der Waals surface area contributed by atoms with Gasteiger partial charge in [-0.05, 0) is 48.8 Å². The Morgan fingerprint density at radius 2 is 1.97 bits per heavy atom. The molecule has 1 amide bonds. The van der Waals surface area contributed by atoms with Gasteiger partial charge in [-0.2, -0.15) is 0 Å². The number of benzene rings is 1. The minimum Gasteiger partial charge on any atom is -0.461 e. The first-order valence-electron chi connectivity index (χ1n) is 12.2. The van der Waals surface area contributed by atoms with Crippen LogP contribution in [0.1, 0.15) is 39.3 Å². The van der Waals surface area contributed by atoms with E-state index in [1.165, 1.54) is 0 Å². The molecule has 1 aliphatic carbocycles. The van der Waals surface area contributed by atoms with Gasteiger partial charge < -0.3 is 15.2 Å². The summed E-state index contributed by atoms with van der Waals surface area (Å²) in [6.45, 7) is 6.13. The molecular formula is C28H34N2O4. The van der Waals surface area contributed by atoms with Crippen molar-refractivity contribution in [2.45, 2.75) is 39.7 Å². The third kappa shape index (κ3) is 4.27. The molecule has 1 aliphatic heterocycles. The van der Waals surface area contributed by atoms with Crippen LogP contribution in [0.4, 0.5) is 0 Å². The molecule has 6 atom stereocenters. The van der Waals surface area contributed by atoms with Gasteiger partial charge in [0.2, 0.25) is 5.91 Å². The van der Waals surface area contributed by atoms with Gasteiger partial charge in [0.25, 0.3) is 0 Å². The first kappa shape index (κ1) is 24.1. The normalized spacial score (nSPS) is 30.7. The number of pyridine rings is 1. The molecule has 34 heavy (non-hydrogen) atoms. The molecule has 1 aromatic carbocycles. The number of ether oxygens (including phenoxy) is 1. The minimum absolute atomic E-state index is 0.00863. The highest BCUT2D eigenvalue weighted by Crippen LogP contribution is 2.57. The summed E-state index contributed by atoms with van der Waals surface area (Å²) in [5.74, 6) is -0.551. The van der Waals surface area contributed by atoms with Crippen molar-refractivity contribution in [2.75, 3.05) is 13.2 Å². The van der Waals surface area contributed by atoms with E-state index in [-0.39, 0.29) is 42.9 Å². The number of aliphatic hydroxyl groups excluding tert-OH is 1. The molecule has 4 rings (SSSR count). The molecule has 0 radical (unpaired) electrons. The van der Waals surface area contributed by atoms with E-state index in [1.807, 2.05) is 43.5 Å². The average Bonchev–Trinajstić information content (AvgIpc) is 3.11. The quantitative estimate of drug-likeness (QED) is 0.478. The van der Waals surface area contributed by atoms with Crippen LogP contribution >= 0.6 is 0 Å². The summed E-state index contributed by atoms with van der Waals surface area (Å²) in [5.41, 5.74) is 1.78. The number of amides is 1. The molecule has 1 aromatic heterocycles. The van der Waals surface area contributed by atoms with Crippen LogP contribution < -0.4 is 5.32 Å². The van der Waals surface area contributed by atoms with Gasteiger partial charge in [-0.3, -0.25) is 14.6 Å². The van der Waals surface area contributed by atoms with E-state index in [4.69, 9.17) is 4.74 Å². The number of aromatic nitrogens is 1. The van der Waals surface area contributed by atoms with Gasteiger partial charge in [0.05, 0.1) is 12.3 Å². The van der Waals surface area contributed by atoms with Crippen molar-refractivity contribution in [3.8, 4) is 11.1 Å². The summed E-state index contributed by atoms with van der Waals surface area (Å²) < 4.78 is 5.69. The highest BCUT2D eigenvalue weighted by Gasteiger charge is 2.66. The fourth-order valence-corrected chi connectivity index (χ4v) is 6.17. The number of hydrogen-bond acceptors (Lipinski definition) is 5. The van der Waals surface area contributed by atoms with E-state index >= 15 is 0 Å². The maximum Gasteiger partial charge on any atom is 0.322 e. The summed E-state index contributed by atoms with van der Waals surface area (Å²) in [7, 11) is 0. The second-order valence-corrected chi connectivity index (χ2v) is 9.61. The molecule has 0 bridgehead atoms. The lowest BCUT2D eigenvalue weighted by Gasteiger charge is -2.47. The van der Waals surface area contributed by atoms with Crippen LogP contribution in [0.5, 0.6) is 0 Å². The molecule has 2 heterocycles. The number of nitrogens with one attached hydrogen (secondary N) is 1. The van der Waals surface area contributed by atoms with Crippen LogP contribution in [0.3, 0.4) is 0 Å². The summed E-state index contributed by atoms with van der Waals surface area (Å²) in [5, 5.41) is 12.0. The highest BCUT2D eigenvalue weighted by atomic mass is 16.6. The van der Waals surface area contributed by atoms with Crippen molar-refractivity contribution in [2.24, 2.45) is 29.1 Å². The summed E-state index contributed by atoms with van der Waals surface area (Å²) in [4.78, 5) is 31.0. The van der Waals surface area contributed by atoms with Crippen molar-refractivity contribution in [1.82, 2.24) is 10.3 Å². The van der Waals surface area contributed by atoms with E-state index in [0.29, 0.717) is 12.3 Å². The van der Waals surface area contributed by atoms with Crippen LogP contribution in [0.15, 0.2) is 54.7 Å². The van der Waals surface area contributed by atoms with Gasteiger partial charge in [0.1, 0.15) is 6.10 Å². The maximum absolute atomic E-state index is 13.3. The third-order valence-electron chi connectivity index (χ3n) is 7.67. The molecule has 2 aromatic rings. The molecule has 4 unspecified atom stereocenters. The summed E-state index contributed by atoms with van der Waals surface area (Å²) in [6.07, 6.45) is 7.05. The molecule has 0 spiro atoms. The number of hydrogen-bond donors (Lipinski definition) is 2. The van der Waals surface area contributed by atoms with E-state index in [0.717, 1.165) is 23.2 Å². The molecular weight excluding hydrogens is 428 g/mol. The van der Waals surface area contributed by atoms with Crippen LogP contribution in [0.2, 0.25) is 0 Å². The number of carbonyl (C=O) groups excluding carboxylic acids is 2. The van der Waals surface area contributed by atoms with Crippen molar-refractivity contribution in [3.63, 3.8) is 0 Å². The maximum atomic E-state index is 13.3. The second-order valence-electron chi connectivity index (χ2n) is 9.61. The van der Waals surface area contributed by atoms with Crippen LogP contribution in [-0.4, -0.2) is 41.2 Å². The summed E-state index contributed by atoms with van der Waals surface area (Å²) >= 11 is 0. The van der Waals surface area contributed by atoms with Crippen LogP contribution in [0, 0.1) is 29.1 Å². The van der Waals surface area contributed by atoms with Gasteiger partial charge in [-0.1, -0.05) is 62.7 Å². The SMILES string of the molecule is CCC1C(C)C[C@@]2(C(=O)NCCO)C(=O)O[C@H](C)C2C1/C=C/c1ccc(-c2ccccc2)cn1. The Balaban J connectivity index is 1.65. The van der Waals surface area contributed by atoms with Crippen molar-refractivity contribution in [1.29, 1.82) is 0 Å². The van der Waals surface area contributed by atoms with E-state index < -0.39 is 11.4 Å². The fourth-order valence-electron chi connectivity index (χ4n) is 6.17. The topological polar surface area (TPSA) is 88.5 Å². The smallest absolute Gasteiger partial charge is 0.322 e. The van der Waals surface area contributed by atoms with Crippen molar-refractivity contribution < 1.29 is 19.4 Å². The van der Waals surface area contributed by atoms with Crippen LogP contribution in [0.25, 0.3) is 17.2 Å². The standard InChI is InChI=1S/C28H34N2O4/c1-4-23-18(2)16-28(26(32)29-14-15-31)25(19(3)34-27(28)33)24(23)13-12-22-11-10-21(17-30-22)20-8-6-5-7-9-20/h5-13,17-19,23-25,31H,4,14-16H2,1-3H3,(H,29,32)/b13-12+/t18?,19-,23?,24?,25?,28-/m1/s1. The molecule has 2 aliphatic rings. The molecule has 1 saturated carbocycles. The second kappa shape index (κ2) is 10.1. The predicted octanol–water partition coefficient (Wildman–Crippen LogP) is 4.10. The van der Waals surface area contributed by atoms with Crippen molar-refractivity contribution in [3.05, 3.63) is 60.4 Å². The number of fused-ring (bicyclic) bond motifs is 1. The number of cyclic esters (lactones) is 1. The fraction of sp³-hybridized carbons (Fsp3) is 0.464. The molecule has 6 nitrogen and oxygen atoms in total. The Hall–Kier alpha value is -2.99. The molecule has 6 heteroatoms. The Kier molecular flexibility index (Phi) is 7.17. The largest absolute Gasteiger partial charge is 0.461 e. The number of rotatable bonds is 7. The van der Waals surface area contributed by atoms with E-state index in [9.17, 15) is 14.7 Å². The Labute approximate surface area is 201 Å². The van der Waals surface area contributed by atoms with E-state index in [2.05, 4.69) is 48.4 Å². The first-order valence-corrected chi connectivity index (χ1v) is 12.2. The number of esters is 1. The van der Waals surface area contributed by atoms with Gasteiger partial charge in [0, 0.05) is 24.2 Å². The van der Waals surface area contributed by atoms with Gasteiger partial charge >= 0.3 is 5.97 Å². The highest BCUT2D eigenvalue weighted by molar-refractivity contribution is 6.04. The van der Waals surface area contributed by atoms with Gasteiger partial charge in [-0.15, -0.1) is 0 Å². The lowest BCUT2D eigenvalue weighted by molar-refractivity contribution is -0.157. The zero-order chi connectivity index (χ0) is 24.3. The molecule has 2 N–H and O–H groups in total. The lowest BCUT2D eigenvalue weighted by atomic mass is 9.53. The Morgan fingerprint density at radius 1 is 1.21 bits per heavy atom. The zero-order valence-electron chi connectivity index (χ0n) is 20.1. The lowest BCUT2D eigenvalue weighted by Crippen LogP contribution is -2.56. The Morgan fingerprint density at radius 3 is 2.62 bits per heavy atom. The molecule has 180 valence electrons. The predicted molar refractivity (Wildman–Crippen MR) is 131 cm³/mol. The zero-order valence-corrected chi connectivity index (χ0v) is 20.1. The average molecular weight is 463 g/mol. The summed E-state index contributed by atoms with van der Waals surface area (Å²) in [6, 6.07) is 14.2. The number of allylic oxidation sites excluding steroid dienone is 1. The number of carbonyl (C=O) groups is 2. The van der Waals surface area contributed by atoms with Gasteiger partial charge in [0.15, 0.2) is 5.41 Å². The van der Waals surface area contributed by atoms with Gasteiger partial charge in [-0.25, -0.2) is 0 Å². The molecule has 1 saturated heterocycles. The number of aliphatic hydroxyl groups is 1. The Bertz CT molecular complexity index is 1040. The van der Waals surface area contributed by atoms with Crippen LogP contribution in [-0.2, 0) is 14.3 Å². The monoisotopic (exact) mass is 462 g/mol. The minimum atomic E-state index is -1.22.